The Bertz CT molecular complexity index is 681. The minimum absolute atomic E-state index is 0.157. The first-order valence-electron chi connectivity index (χ1n) is 6.79. The van der Waals surface area contributed by atoms with E-state index in [-0.39, 0.29) is 11.7 Å². The van der Waals surface area contributed by atoms with E-state index in [1.54, 1.807) is 18.2 Å². The maximum Gasteiger partial charge on any atom is 0.248 e. The number of benzene rings is 2. The summed E-state index contributed by atoms with van der Waals surface area (Å²) < 4.78 is 6.44. The van der Waals surface area contributed by atoms with Crippen LogP contribution >= 0.6 is 15.9 Å². The molecule has 5 heteroatoms. The van der Waals surface area contributed by atoms with E-state index in [1.165, 1.54) is 18.2 Å². The van der Waals surface area contributed by atoms with E-state index in [0.717, 1.165) is 15.8 Å². The van der Waals surface area contributed by atoms with Gasteiger partial charge in [0.1, 0.15) is 11.5 Å². The molecule has 0 fully saturated rings. The molecular formula is C17H16BrNO3. The summed E-state index contributed by atoms with van der Waals surface area (Å²) in [7, 11) is 0. The van der Waals surface area contributed by atoms with Crippen LogP contribution in [-0.4, -0.2) is 17.6 Å². The van der Waals surface area contributed by atoms with Crippen LogP contribution in [0.4, 0.5) is 5.69 Å². The maximum absolute atomic E-state index is 11.9. The molecule has 0 radical (unpaired) electrons. The van der Waals surface area contributed by atoms with Gasteiger partial charge in [0.15, 0.2) is 0 Å². The lowest BCUT2D eigenvalue weighted by Gasteiger charge is -2.07. The number of aromatic hydroxyl groups is 1. The Morgan fingerprint density at radius 2 is 2.00 bits per heavy atom. The summed E-state index contributed by atoms with van der Waals surface area (Å²) in [6.07, 6.45) is 3.14. The number of rotatable bonds is 5. The number of hydrogen-bond acceptors (Lipinski definition) is 3. The van der Waals surface area contributed by atoms with Gasteiger partial charge in [0.2, 0.25) is 5.91 Å². The van der Waals surface area contributed by atoms with Crippen molar-refractivity contribution in [3.05, 3.63) is 58.6 Å². The molecule has 0 saturated carbocycles. The quantitative estimate of drug-likeness (QED) is 0.619. The third-order valence-electron chi connectivity index (χ3n) is 2.82. The van der Waals surface area contributed by atoms with E-state index in [9.17, 15) is 9.90 Å². The summed E-state index contributed by atoms with van der Waals surface area (Å²) in [5, 5.41) is 11.9. The maximum atomic E-state index is 11.9. The van der Waals surface area contributed by atoms with E-state index in [0.29, 0.717) is 12.3 Å². The van der Waals surface area contributed by atoms with Crippen LogP contribution in [-0.2, 0) is 4.79 Å². The highest BCUT2D eigenvalue weighted by Gasteiger charge is 2.03. The fraction of sp³-hybridized carbons (Fsp3) is 0.118. The predicted molar refractivity (Wildman–Crippen MR) is 91.1 cm³/mol. The summed E-state index contributed by atoms with van der Waals surface area (Å²) in [5.74, 6) is 0.622. The second-order valence-electron chi connectivity index (χ2n) is 4.48. The summed E-state index contributed by atoms with van der Waals surface area (Å²) >= 11 is 3.40. The molecule has 2 aromatic carbocycles. The molecular weight excluding hydrogens is 346 g/mol. The Hall–Kier alpha value is -2.27. The number of anilines is 1. The highest BCUT2D eigenvalue weighted by Crippen LogP contribution is 2.24. The number of ether oxygens (including phenoxy) is 1. The molecule has 114 valence electrons. The van der Waals surface area contributed by atoms with Gasteiger partial charge >= 0.3 is 0 Å². The topological polar surface area (TPSA) is 58.6 Å². The first-order chi connectivity index (χ1) is 10.6. The van der Waals surface area contributed by atoms with Crippen LogP contribution in [0, 0.1) is 0 Å². The average Bonchev–Trinajstić information content (AvgIpc) is 2.50. The molecule has 0 unspecified atom stereocenters. The number of carbonyl (C=O) groups excluding carboxylic acids is 1. The fourth-order valence-electron chi connectivity index (χ4n) is 1.83. The summed E-state index contributed by atoms with van der Waals surface area (Å²) in [6, 6.07) is 11.9. The molecule has 0 aliphatic rings. The van der Waals surface area contributed by atoms with Crippen LogP contribution in [0.2, 0.25) is 0 Å². The molecule has 0 spiro atoms. The zero-order valence-corrected chi connectivity index (χ0v) is 13.6. The van der Waals surface area contributed by atoms with Gasteiger partial charge in [0.05, 0.1) is 6.61 Å². The molecule has 2 rings (SSSR count). The van der Waals surface area contributed by atoms with Crippen molar-refractivity contribution in [2.24, 2.45) is 0 Å². The van der Waals surface area contributed by atoms with Gasteiger partial charge in [-0.15, -0.1) is 0 Å². The number of phenols is 1. The lowest BCUT2D eigenvalue weighted by atomic mass is 10.2. The van der Waals surface area contributed by atoms with Crippen molar-refractivity contribution in [2.45, 2.75) is 6.92 Å². The third-order valence-corrected chi connectivity index (χ3v) is 3.31. The summed E-state index contributed by atoms with van der Waals surface area (Å²) in [5.41, 5.74) is 1.43. The average molecular weight is 362 g/mol. The molecule has 22 heavy (non-hydrogen) atoms. The van der Waals surface area contributed by atoms with Crippen molar-refractivity contribution in [1.29, 1.82) is 0 Å². The largest absolute Gasteiger partial charge is 0.508 e. The number of phenolic OH excluding ortho intramolecular Hbond substituents is 1. The normalized spacial score (nSPS) is 10.6. The van der Waals surface area contributed by atoms with Gasteiger partial charge in [-0.3, -0.25) is 4.79 Å². The van der Waals surface area contributed by atoms with E-state index in [4.69, 9.17) is 4.74 Å². The first kappa shape index (κ1) is 16.1. The number of hydrogen-bond donors (Lipinski definition) is 2. The summed E-state index contributed by atoms with van der Waals surface area (Å²) in [4.78, 5) is 11.9. The zero-order chi connectivity index (χ0) is 15.9. The Balaban J connectivity index is 2.09. The van der Waals surface area contributed by atoms with Gasteiger partial charge in [0, 0.05) is 21.8 Å². The van der Waals surface area contributed by atoms with Crippen molar-refractivity contribution in [1.82, 2.24) is 0 Å². The summed E-state index contributed by atoms with van der Waals surface area (Å²) in [6.45, 7) is 2.47. The SMILES string of the molecule is CCOc1ccc(Br)cc1/C=C/C(=O)Nc1ccc(O)cc1. The van der Waals surface area contributed by atoms with Gasteiger partial charge in [-0.25, -0.2) is 0 Å². The smallest absolute Gasteiger partial charge is 0.248 e. The monoisotopic (exact) mass is 361 g/mol. The Morgan fingerprint density at radius 1 is 1.27 bits per heavy atom. The molecule has 2 N–H and O–H groups in total. The van der Waals surface area contributed by atoms with Gasteiger partial charge in [-0.2, -0.15) is 0 Å². The Kier molecular flexibility index (Phi) is 5.61. The van der Waals surface area contributed by atoms with E-state index in [2.05, 4.69) is 21.2 Å². The molecule has 0 heterocycles. The molecule has 4 nitrogen and oxygen atoms in total. The predicted octanol–water partition coefficient (Wildman–Crippen LogP) is 4.21. The fourth-order valence-corrected chi connectivity index (χ4v) is 2.21. The Labute approximate surface area is 137 Å². The number of nitrogens with one attached hydrogen (secondary N) is 1. The second-order valence-corrected chi connectivity index (χ2v) is 5.40. The molecule has 0 atom stereocenters. The van der Waals surface area contributed by atoms with Crippen molar-refractivity contribution in [2.75, 3.05) is 11.9 Å². The Morgan fingerprint density at radius 3 is 2.68 bits per heavy atom. The third kappa shape index (κ3) is 4.63. The number of carbonyl (C=O) groups is 1. The van der Waals surface area contributed by atoms with Crippen LogP contribution in [0.15, 0.2) is 53.0 Å². The zero-order valence-electron chi connectivity index (χ0n) is 12.0. The molecule has 0 aromatic heterocycles. The van der Waals surface area contributed by atoms with Crippen molar-refractivity contribution >= 4 is 33.6 Å². The number of amides is 1. The van der Waals surface area contributed by atoms with Crippen LogP contribution in [0.3, 0.4) is 0 Å². The minimum Gasteiger partial charge on any atom is -0.508 e. The lowest BCUT2D eigenvalue weighted by Crippen LogP contribution is -2.07. The van der Waals surface area contributed by atoms with Crippen LogP contribution < -0.4 is 10.1 Å². The van der Waals surface area contributed by atoms with Gasteiger partial charge < -0.3 is 15.2 Å². The first-order valence-corrected chi connectivity index (χ1v) is 7.58. The van der Waals surface area contributed by atoms with E-state index >= 15 is 0 Å². The lowest BCUT2D eigenvalue weighted by molar-refractivity contribution is -0.111. The van der Waals surface area contributed by atoms with Crippen molar-refractivity contribution in [3.63, 3.8) is 0 Å². The standard InChI is InChI=1S/C17H16BrNO3/c1-2-22-16-9-4-13(18)11-12(16)3-10-17(21)19-14-5-7-15(20)8-6-14/h3-11,20H,2H2,1H3,(H,19,21)/b10-3+. The molecule has 0 aliphatic carbocycles. The van der Waals surface area contributed by atoms with Crippen LogP contribution in [0.1, 0.15) is 12.5 Å². The van der Waals surface area contributed by atoms with Gasteiger partial charge in [0.25, 0.3) is 0 Å². The van der Waals surface area contributed by atoms with Gasteiger partial charge in [-0.1, -0.05) is 15.9 Å². The number of halogens is 1. The minimum atomic E-state index is -0.256. The molecule has 0 bridgehead atoms. The molecule has 2 aromatic rings. The second kappa shape index (κ2) is 7.66. The van der Waals surface area contributed by atoms with Gasteiger partial charge in [-0.05, 0) is 55.5 Å². The van der Waals surface area contributed by atoms with E-state index in [1.807, 2.05) is 25.1 Å². The molecule has 0 saturated heterocycles. The van der Waals surface area contributed by atoms with Crippen molar-refractivity contribution in [3.8, 4) is 11.5 Å². The highest BCUT2D eigenvalue weighted by atomic mass is 79.9. The van der Waals surface area contributed by atoms with E-state index < -0.39 is 0 Å². The van der Waals surface area contributed by atoms with Crippen LogP contribution in [0.5, 0.6) is 11.5 Å². The van der Waals surface area contributed by atoms with Crippen molar-refractivity contribution < 1.29 is 14.6 Å². The molecule has 0 aliphatic heterocycles. The highest BCUT2D eigenvalue weighted by molar-refractivity contribution is 9.10. The van der Waals surface area contributed by atoms with Crippen LogP contribution in [0.25, 0.3) is 6.08 Å². The molecule has 1 amide bonds.